The number of amides is 1. The van der Waals surface area contributed by atoms with Crippen molar-refractivity contribution in [2.24, 2.45) is 5.73 Å². The second kappa shape index (κ2) is 5.49. The van der Waals surface area contributed by atoms with Crippen LogP contribution in [0.2, 0.25) is 0 Å². The van der Waals surface area contributed by atoms with Crippen LogP contribution in [0.3, 0.4) is 0 Å². The lowest BCUT2D eigenvalue weighted by Crippen LogP contribution is -2.14. The molecule has 0 radical (unpaired) electrons. The highest BCUT2D eigenvalue weighted by atomic mass is 19.1. The first-order valence-corrected chi connectivity index (χ1v) is 7.63. The normalized spacial score (nSPS) is 11.4. The molecule has 0 saturated carbocycles. The quantitative estimate of drug-likeness (QED) is 0.605. The van der Waals surface area contributed by atoms with Crippen LogP contribution < -0.4 is 5.73 Å². The molecule has 0 spiro atoms. The Balaban J connectivity index is 1.74. The number of carbonyl (C=O) groups excluding carboxylic acids is 1. The van der Waals surface area contributed by atoms with Crippen molar-refractivity contribution in [1.29, 1.82) is 0 Å². The summed E-state index contributed by atoms with van der Waals surface area (Å²) in [7, 11) is 0. The summed E-state index contributed by atoms with van der Waals surface area (Å²) in [4.78, 5) is 14.0. The number of aromatic amines is 1. The number of aromatic nitrogens is 3. The van der Waals surface area contributed by atoms with Gasteiger partial charge in [-0.05, 0) is 29.8 Å². The zero-order valence-corrected chi connectivity index (χ0v) is 12.8. The van der Waals surface area contributed by atoms with Gasteiger partial charge in [-0.1, -0.05) is 12.1 Å². The number of halogens is 1. The van der Waals surface area contributed by atoms with Gasteiger partial charge < -0.3 is 10.7 Å². The monoisotopic (exact) mass is 322 g/mol. The molecule has 5 nitrogen and oxygen atoms in total. The second-order valence-corrected chi connectivity index (χ2v) is 5.77. The number of rotatable bonds is 4. The average molecular weight is 322 g/mol. The Morgan fingerprint density at radius 2 is 2.12 bits per heavy atom. The molecule has 0 atom stereocenters. The molecule has 0 bridgehead atoms. The van der Waals surface area contributed by atoms with E-state index in [9.17, 15) is 9.18 Å². The van der Waals surface area contributed by atoms with Crippen molar-refractivity contribution >= 4 is 27.7 Å². The summed E-state index contributed by atoms with van der Waals surface area (Å²) in [5.41, 5.74) is 8.78. The lowest BCUT2D eigenvalue weighted by atomic mass is 10.0. The van der Waals surface area contributed by atoms with Crippen LogP contribution in [0.1, 0.15) is 6.42 Å². The summed E-state index contributed by atoms with van der Waals surface area (Å²) in [6.45, 7) is 0.464. The Bertz CT molecular complexity index is 1060. The molecule has 120 valence electrons. The summed E-state index contributed by atoms with van der Waals surface area (Å²) in [6.07, 6.45) is 4.02. The van der Waals surface area contributed by atoms with E-state index in [1.807, 2.05) is 30.6 Å². The predicted octanol–water partition coefficient (Wildman–Crippen LogP) is 3.20. The maximum atomic E-state index is 13.3. The lowest BCUT2D eigenvalue weighted by molar-refractivity contribution is -0.118. The van der Waals surface area contributed by atoms with Gasteiger partial charge in [0, 0.05) is 47.2 Å². The number of benzene rings is 2. The number of nitrogens with one attached hydrogen (secondary N) is 1. The molecule has 0 unspecified atom stereocenters. The molecule has 6 heteroatoms. The zero-order chi connectivity index (χ0) is 16.7. The van der Waals surface area contributed by atoms with Gasteiger partial charge in [0.25, 0.3) is 0 Å². The van der Waals surface area contributed by atoms with Crippen molar-refractivity contribution in [3.05, 3.63) is 54.6 Å². The van der Waals surface area contributed by atoms with E-state index in [0.717, 1.165) is 32.9 Å². The van der Waals surface area contributed by atoms with Crippen LogP contribution in [0.4, 0.5) is 4.39 Å². The number of hydrogen-bond acceptors (Lipinski definition) is 2. The van der Waals surface area contributed by atoms with Crippen LogP contribution in [-0.2, 0) is 11.3 Å². The van der Waals surface area contributed by atoms with Crippen LogP contribution in [0.5, 0.6) is 0 Å². The van der Waals surface area contributed by atoms with Crippen molar-refractivity contribution in [1.82, 2.24) is 14.8 Å². The number of primary amides is 1. The molecule has 3 N–H and O–H groups in total. The van der Waals surface area contributed by atoms with E-state index in [1.165, 1.54) is 12.1 Å². The Morgan fingerprint density at radius 1 is 1.25 bits per heavy atom. The highest BCUT2D eigenvalue weighted by Gasteiger charge is 2.09. The lowest BCUT2D eigenvalue weighted by Gasteiger charge is -2.00. The summed E-state index contributed by atoms with van der Waals surface area (Å²) >= 11 is 0. The van der Waals surface area contributed by atoms with E-state index in [0.29, 0.717) is 6.54 Å². The first-order valence-electron chi connectivity index (χ1n) is 7.63. The number of fused-ring (bicyclic) bond motifs is 2. The fourth-order valence-corrected chi connectivity index (χ4v) is 2.91. The predicted molar refractivity (Wildman–Crippen MR) is 90.8 cm³/mol. The molecule has 0 aliphatic heterocycles. The van der Waals surface area contributed by atoms with Crippen LogP contribution >= 0.6 is 0 Å². The average Bonchev–Trinajstić information content (AvgIpc) is 3.14. The largest absolute Gasteiger partial charge is 0.370 e. The molecule has 0 aliphatic carbocycles. The van der Waals surface area contributed by atoms with E-state index >= 15 is 0 Å². The van der Waals surface area contributed by atoms with Crippen molar-refractivity contribution in [2.45, 2.75) is 13.0 Å². The van der Waals surface area contributed by atoms with Gasteiger partial charge in [-0.25, -0.2) is 4.39 Å². The fraction of sp³-hybridized carbons (Fsp3) is 0.111. The molecular formula is C18H15FN4O. The third kappa shape index (κ3) is 2.52. The Labute approximate surface area is 136 Å². The first kappa shape index (κ1) is 14.4. The van der Waals surface area contributed by atoms with Crippen molar-refractivity contribution in [2.75, 3.05) is 0 Å². The van der Waals surface area contributed by atoms with Crippen LogP contribution in [-0.4, -0.2) is 20.7 Å². The number of hydrogen-bond donors (Lipinski definition) is 2. The Hall–Kier alpha value is -3.15. The molecule has 1 amide bonds. The first-order chi connectivity index (χ1) is 11.6. The number of H-pyrrole nitrogens is 1. The molecule has 2 heterocycles. The van der Waals surface area contributed by atoms with Gasteiger partial charge in [0.2, 0.25) is 5.91 Å². The van der Waals surface area contributed by atoms with E-state index in [1.54, 1.807) is 10.7 Å². The van der Waals surface area contributed by atoms with E-state index in [-0.39, 0.29) is 18.1 Å². The summed E-state index contributed by atoms with van der Waals surface area (Å²) in [6, 6.07) is 10.7. The molecule has 0 fully saturated rings. The molecule has 4 aromatic rings. The summed E-state index contributed by atoms with van der Waals surface area (Å²) < 4.78 is 15.0. The third-order valence-electron chi connectivity index (χ3n) is 4.10. The molecule has 24 heavy (non-hydrogen) atoms. The smallest absolute Gasteiger partial charge is 0.219 e. The van der Waals surface area contributed by atoms with Crippen molar-refractivity contribution < 1.29 is 9.18 Å². The molecule has 2 aromatic carbocycles. The SMILES string of the molecule is NC(=O)CCn1cc2ccc(-c3c[nH]c4cc(F)ccc34)cc2n1. The highest BCUT2D eigenvalue weighted by molar-refractivity contribution is 5.97. The highest BCUT2D eigenvalue weighted by Crippen LogP contribution is 2.30. The van der Waals surface area contributed by atoms with Gasteiger partial charge in [-0.2, -0.15) is 5.10 Å². The van der Waals surface area contributed by atoms with Crippen LogP contribution in [0, 0.1) is 5.82 Å². The summed E-state index contributed by atoms with van der Waals surface area (Å²) in [5, 5.41) is 6.44. The van der Waals surface area contributed by atoms with Gasteiger partial charge in [-0.15, -0.1) is 0 Å². The van der Waals surface area contributed by atoms with Gasteiger partial charge in [0.05, 0.1) is 5.52 Å². The zero-order valence-electron chi connectivity index (χ0n) is 12.8. The molecule has 0 aliphatic rings. The van der Waals surface area contributed by atoms with Crippen molar-refractivity contribution in [3.8, 4) is 11.1 Å². The molecular weight excluding hydrogens is 307 g/mol. The summed E-state index contributed by atoms with van der Waals surface area (Å²) in [5.74, 6) is -0.610. The number of carbonyl (C=O) groups is 1. The minimum Gasteiger partial charge on any atom is -0.370 e. The maximum absolute atomic E-state index is 13.3. The second-order valence-electron chi connectivity index (χ2n) is 5.77. The molecule has 4 rings (SSSR count). The van der Waals surface area contributed by atoms with Crippen LogP contribution in [0.15, 0.2) is 48.8 Å². The minimum absolute atomic E-state index is 0.259. The molecule has 0 saturated heterocycles. The van der Waals surface area contributed by atoms with Crippen LogP contribution in [0.25, 0.3) is 32.9 Å². The van der Waals surface area contributed by atoms with Gasteiger partial charge in [0.1, 0.15) is 5.82 Å². The number of nitrogens with zero attached hydrogens (tertiary/aromatic N) is 2. The standard InChI is InChI=1S/C18H15FN4O/c19-13-3-4-14-15(9-21-17(14)8-13)11-1-2-12-10-23(6-5-18(20)24)22-16(12)7-11/h1-4,7-10,21H,5-6H2,(H2,20,24). The number of aryl methyl sites for hydroxylation is 1. The fourth-order valence-electron chi connectivity index (χ4n) is 2.91. The topological polar surface area (TPSA) is 76.7 Å². The van der Waals surface area contributed by atoms with E-state index in [2.05, 4.69) is 10.1 Å². The Morgan fingerprint density at radius 3 is 2.96 bits per heavy atom. The minimum atomic E-state index is -0.346. The van der Waals surface area contributed by atoms with Gasteiger partial charge in [0.15, 0.2) is 0 Å². The Kier molecular flexibility index (Phi) is 3.30. The van der Waals surface area contributed by atoms with Gasteiger partial charge >= 0.3 is 0 Å². The van der Waals surface area contributed by atoms with Gasteiger partial charge in [-0.3, -0.25) is 9.48 Å². The van der Waals surface area contributed by atoms with Crippen molar-refractivity contribution in [3.63, 3.8) is 0 Å². The van der Waals surface area contributed by atoms with E-state index < -0.39 is 0 Å². The maximum Gasteiger partial charge on any atom is 0.219 e. The van der Waals surface area contributed by atoms with E-state index in [4.69, 9.17) is 5.73 Å². The molecule has 2 aromatic heterocycles. The number of nitrogens with two attached hydrogens (primary N) is 1. The third-order valence-corrected chi connectivity index (χ3v) is 4.10.